The van der Waals surface area contributed by atoms with E-state index in [0.717, 1.165) is 5.56 Å². The van der Waals surface area contributed by atoms with E-state index >= 15 is 0 Å². The zero-order chi connectivity index (χ0) is 12.8. The monoisotopic (exact) mass is 255 g/mol. The Morgan fingerprint density at radius 1 is 1.29 bits per heavy atom. The fourth-order valence-corrected chi connectivity index (χ4v) is 2.15. The topological polar surface area (TPSA) is 29.5 Å². The van der Waals surface area contributed by atoms with Gasteiger partial charge in [-0.3, -0.25) is 4.18 Å². The molecule has 4 heteroatoms. The molecule has 0 saturated heterocycles. The van der Waals surface area contributed by atoms with Crippen molar-refractivity contribution in [3.05, 3.63) is 35.9 Å². The van der Waals surface area contributed by atoms with Crippen molar-refractivity contribution in [3.8, 4) is 0 Å². The second-order valence-electron chi connectivity index (χ2n) is 4.22. The number of hydrogen-bond acceptors (Lipinski definition) is 3. The van der Waals surface area contributed by atoms with Crippen molar-refractivity contribution in [2.45, 2.75) is 26.0 Å². The van der Waals surface area contributed by atoms with Gasteiger partial charge in [0, 0.05) is 11.8 Å². The van der Waals surface area contributed by atoms with Crippen molar-refractivity contribution in [2.24, 2.45) is 0 Å². The lowest BCUT2D eigenvalue weighted by molar-refractivity contribution is 0.121. The molecule has 0 bridgehead atoms. The molecule has 17 heavy (non-hydrogen) atoms. The van der Waals surface area contributed by atoms with Crippen LogP contribution in [0.3, 0.4) is 0 Å². The van der Waals surface area contributed by atoms with E-state index in [1.54, 1.807) is 0 Å². The van der Waals surface area contributed by atoms with Gasteiger partial charge in [0.25, 0.3) is 0 Å². The minimum Gasteiger partial charge on any atom is -0.304 e. The third-order valence-electron chi connectivity index (χ3n) is 2.83. The Kier molecular flexibility index (Phi) is 5.82. The molecule has 96 valence electrons. The van der Waals surface area contributed by atoms with Crippen LogP contribution in [0.2, 0.25) is 0 Å². The highest BCUT2D eigenvalue weighted by molar-refractivity contribution is 7.80. The van der Waals surface area contributed by atoms with Crippen LogP contribution < -0.4 is 0 Å². The lowest BCUT2D eigenvalue weighted by Gasteiger charge is -2.28. The molecule has 0 N–H and O–H groups in total. The molecule has 1 unspecified atom stereocenters. The molecule has 3 atom stereocenters. The number of rotatable bonds is 6. The van der Waals surface area contributed by atoms with Crippen LogP contribution in [-0.4, -0.2) is 35.0 Å². The first kappa shape index (κ1) is 14.4. The zero-order valence-electron chi connectivity index (χ0n) is 10.9. The van der Waals surface area contributed by atoms with Crippen LogP contribution in [0, 0.1) is 0 Å². The summed E-state index contributed by atoms with van der Waals surface area (Å²) in [7, 11) is 4.00. The Balaban J connectivity index is 2.90. The van der Waals surface area contributed by atoms with Gasteiger partial charge in [0.1, 0.15) is 6.10 Å². The Hall–Kier alpha value is -0.710. The first-order valence-corrected chi connectivity index (χ1v) is 7.07. The fraction of sp³-hybridized carbons (Fsp3) is 0.538. The Morgan fingerprint density at radius 3 is 2.35 bits per heavy atom. The summed E-state index contributed by atoms with van der Waals surface area (Å²) in [5.74, 6) is 0.517. The smallest absolute Gasteiger partial charge is 0.155 e. The first-order chi connectivity index (χ1) is 8.06. The van der Waals surface area contributed by atoms with Gasteiger partial charge in [-0.1, -0.05) is 37.3 Å². The highest BCUT2D eigenvalue weighted by atomic mass is 32.2. The summed E-state index contributed by atoms with van der Waals surface area (Å²) < 4.78 is 17.2. The van der Waals surface area contributed by atoms with Crippen LogP contribution in [0.5, 0.6) is 0 Å². The molecule has 0 aliphatic carbocycles. The van der Waals surface area contributed by atoms with Crippen molar-refractivity contribution in [1.29, 1.82) is 0 Å². The standard InChI is InChI=1S/C13H21NO2S/c1-5-17(15)16-13(11(2)14(3)4)12-9-7-6-8-10-12/h6-11,13H,5H2,1-4H3/t11-,13-,17?/m0/s1. The van der Waals surface area contributed by atoms with Gasteiger partial charge in [-0.2, -0.15) is 0 Å². The minimum absolute atomic E-state index is 0.160. The average molecular weight is 255 g/mol. The molecule has 0 aliphatic rings. The fourth-order valence-electron chi connectivity index (χ4n) is 1.51. The molecule has 0 fully saturated rings. The van der Waals surface area contributed by atoms with E-state index in [4.69, 9.17) is 4.18 Å². The first-order valence-electron chi connectivity index (χ1n) is 5.83. The summed E-state index contributed by atoms with van der Waals surface area (Å²) in [6.45, 7) is 3.93. The highest BCUT2D eigenvalue weighted by Gasteiger charge is 2.23. The van der Waals surface area contributed by atoms with Crippen LogP contribution in [-0.2, 0) is 15.3 Å². The number of likely N-dealkylation sites (N-methyl/N-ethyl adjacent to an activating group) is 1. The van der Waals surface area contributed by atoms with Crippen molar-refractivity contribution < 1.29 is 8.39 Å². The summed E-state index contributed by atoms with van der Waals surface area (Å²) >= 11 is -1.22. The maximum absolute atomic E-state index is 11.6. The van der Waals surface area contributed by atoms with Gasteiger partial charge < -0.3 is 4.90 Å². The van der Waals surface area contributed by atoms with Gasteiger partial charge in [0.05, 0.1) is 0 Å². The van der Waals surface area contributed by atoms with Crippen LogP contribution in [0.25, 0.3) is 0 Å². The van der Waals surface area contributed by atoms with Gasteiger partial charge in [0.2, 0.25) is 0 Å². The molecule has 0 radical (unpaired) electrons. The lowest BCUT2D eigenvalue weighted by Crippen LogP contribution is -2.33. The van der Waals surface area contributed by atoms with Crippen molar-refractivity contribution >= 4 is 11.1 Å². The van der Waals surface area contributed by atoms with Gasteiger partial charge in [0.15, 0.2) is 11.1 Å². The molecule has 0 amide bonds. The van der Waals surface area contributed by atoms with Gasteiger partial charge in [-0.15, -0.1) is 0 Å². The Labute approximate surface area is 106 Å². The van der Waals surface area contributed by atoms with E-state index in [9.17, 15) is 4.21 Å². The van der Waals surface area contributed by atoms with Crippen molar-refractivity contribution in [1.82, 2.24) is 4.90 Å². The quantitative estimate of drug-likeness (QED) is 0.781. The summed E-state index contributed by atoms with van der Waals surface area (Å²) in [4.78, 5) is 2.07. The van der Waals surface area contributed by atoms with Crippen LogP contribution in [0.4, 0.5) is 0 Å². The van der Waals surface area contributed by atoms with E-state index in [-0.39, 0.29) is 12.1 Å². The normalized spacial score (nSPS) is 16.8. The van der Waals surface area contributed by atoms with E-state index in [1.807, 2.05) is 51.4 Å². The van der Waals surface area contributed by atoms with Crippen LogP contribution >= 0.6 is 0 Å². The lowest BCUT2D eigenvalue weighted by atomic mass is 10.0. The van der Waals surface area contributed by atoms with Crippen LogP contribution in [0.1, 0.15) is 25.5 Å². The van der Waals surface area contributed by atoms with Crippen molar-refractivity contribution in [3.63, 3.8) is 0 Å². The molecule has 0 aliphatic heterocycles. The SMILES string of the molecule is CCS(=O)O[C@H](c1ccccc1)[C@H](C)N(C)C. The van der Waals surface area contributed by atoms with E-state index in [1.165, 1.54) is 0 Å². The van der Waals surface area contributed by atoms with Gasteiger partial charge in [-0.05, 0) is 26.6 Å². The third-order valence-corrected chi connectivity index (χ3v) is 3.72. The van der Waals surface area contributed by atoms with E-state index < -0.39 is 11.1 Å². The molecular formula is C13H21NO2S. The molecule has 1 aromatic rings. The van der Waals surface area contributed by atoms with Gasteiger partial charge in [-0.25, -0.2) is 4.21 Å². The third kappa shape index (κ3) is 4.22. The van der Waals surface area contributed by atoms with E-state index in [0.29, 0.717) is 5.75 Å². The van der Waals surface area contributed by atoms with E-state index in [2.05, 4.69) is 11.8 Å². The second kappa shape index (κ2) is 6.89. The van der Waals surface area contributed by atoms with Crippen LogP contribution in [0.15, 0.2) is 30.3 Å². The average Bonchev–Trinajstić information content (AvgIpc) is 2.35. The predicted molar refractivity (Wildman–Crippen MR) is 72.1 cm³/mol. The van der Waals surface area contributed by atoms with Gasteiger partial charge >= 0.3 is 0 Å². The Bertz CT molecular complexity index is 354. The Morgan fingerprint density at radius 2 is 1.88 bits per heavy atom. The zero-order valence-corrected chi connectivity index (χ0v) is 11.7. The minimum atomic E-state index is -1.22. The summed E-state index contributed by atoms with van der Waals surface area (Å²) in [5, 5.41) is 0. The molecule has 0 heterocycles. The number of hydrogen-bond donors (Lipinski definition) is 0. The predicted octanol–water partition coefficient (Wildman–Crippen LogP) is 2.38. The molecular weight excluding hydrogens is 234 g/mol. The molecule has 3 nitrogen and oxygen atoms in total. The molecule has 0 aromatic heterocycles. The largest absolute Gasteiger partial charge is 0.304 e. The second-order valence-corrected chi connectivity index (χ2v) is 5.60. The number of benzene rings is 1. The summed E-state index contributed by atoms with van der Waals surface area (Å²) in [6, 6.07) is 10.1. The number of nitrogens with zero attached hydrogens (tertiary/aromatic N) is 1. The molecule has 1 aromatic carbocycles. The highest BCUT2D eigenvalue weighted by Crippen LogP contribution is 2.24. The molecule has 1 rings (SSSR count). The summed E-state index contributed by atoms with van der Waals surface area (Å²) in [5.41, 5.74) is 1.07. The molecule has 0 saturated carbocycles. The summed E-state index contributed by atoms with van der Waals surface area (Å²) in [6.07, 6.45) is -0.160. The molecule has 0 spiro atoms. The maximum Gasteiger partial charge on any atom is 0.155 e. The van der Waals surface area contributed by atoms with Crippen molar-refractivity contribution in [2.75, 3.05) is 19.8 Å². The maximum atomic E-state index is 11.6.